The highest BCUT2D eigenvalue weighted by Crippen LogP contribution is 2.26. The van der Waals surface area contributed by atoms with Crippen molar-refractivity contribution in [2.45, 2.75) is 45.2 Å². The van der Waals surface area contributed by atoms with Crippen LogP contribution in [-0.4, -0.2) is 47.1 Å². The maximum Gasteiger partial charge on any atom is 0.267 e. The lowest BCUT2D eigenvalue weighted by Gasteiger charge is -2.27. The van der Waals surface area contributed by atoms with E-state index < -0.39 is 0 Å². The number of nitrogens with zero attached hydrogens (tertiary/aromatic N) is 3. The van der Waals surface area contributed by atoms with Gasteiger partial charge in [0.05, 0.1) is 12.6 Å². The lowest BCUT2D eigenvalue weighted by Crippen LogP contribution is -2.42. The van der Waals surface area contributed by atoms with Gasteiger partial charge in [-0.1, -0.05) is 12.1 Å². The van der Waals surface area contributed by atoms with E-state index in [9.17, 15) is 14.0 Å². The molecule has 7 nitrogen and oxygen atoms in total. The van der Waals surface area contributed by atoms with Crippen molar-refractivity contribution >= 4 is 17.5 Å². The van der Waals surface area contributed by atoms with Crippen LogP contribution in [0.15, 0.2) is 45.9 Å². The van der Waals surface area contributed by atoms with Crippen LogP contribution in [0.5, 0.6) is 0 Å². The van der Waals surface area contributed by atoms with Crippen molar-refractivity contribution in [2.75, 3.05) is 19.6 Å². The lowest BCUT2D eigenvalue weighted by molar-refractivity contribution is -0.132. The first-order chi connectivity index (χ1) is 15.0. The minimum Gasteiger partial charge on any atom is -0.465 e. The molecule has 1 unspecified atom stereocenters. The lowest BCUT2D eigenvalue weighted by atomic mass is 10.1. The first-order valence-corrected chi connectivity index (χ1v) is 10.7. The van der Waals surface area contributed by atoms with E-state index >= 15 is 0 Å². The molecular weight excluding hydrogens is 399 g/mol. The molecule has 1 N–H and O–H groups in total. The zero-order chi connectivity index (χ0) is 21.8. The number of carbonyl (C=O) groups excluding carboxylic acids is 2. The Morgan fingerprint density at radius 3 is 2.58 bits per heavy atom. The quantitative estimate of drug-likeness (QED) is 0.738. The number of furan rings is 1. The van der Waals surface area contributed by atoms with Crippen LogP contribution < -0.4 is 5.32 Å². The highest BCUT2D eigenvalue weighted by molar-refractivity contribution is 6.39. The summed E-state index contributed by atoms with van der Waals surface area (Å²) >= 11 is 0. The first kappa shape index (κ1) is 21.2. The smallest absolute Gasteiger partial charge is 0.267 e. The van der Waals surface area contributed by atoms with Crippen molar-refractivity contribution < 1.29 is 18.4 Å². The Balaban J connectivity index is 1.42. The van der Waals surface area contributed by atoms with Crippen molar-refractivity contribution in [2.24, 2.45) is 5.10 Å². The molecule has 2 aliphatic heterocycles. The number of rotatable bonds is 7. The van der Waals surface area contributed by atoms with Crippen LogP contribution in [0.4, 0.5) is 4.39 Å². The Morgan fingerprint density at radius 1 is 1.16 bits per heavy atom. The van der Waals surface area contributed by atoms with E-state index in [4.69, 9.17) is 4.42 Å². The molecule has 2 aliphatic rings. The molecule has 1 aromatic heterocycles. The molecule has 0 spiro atoms. The van der Waals surface area contributed by atoms with Gasteiger partial charge >= 0.3 is 0 Å². The summed E-state index contributed by atoms with van der Waals surface area (Å²) in [6.07, 6.45) is 2.80. The Labute approximate surface area is 180 Å². The molecule has 8 heteroatoms. The van der Waals surface area contributed by atoms with Crippen LogP contribution in [0.3, 0.4) is 0 Å². The monoisotopic (exact) mass is 426 g/mol. The summed E-state index contributed by atoms with van der Waals surface area (Å²) in [6.45, 7) is 4.48. The van der Waals surface area contributed by atoms with Gasteiger partial charge < -0.3 is 9.73 Å². The van der Waals surface area contributed by atoms with Gasteiger partial charge in [-0.3, -0.25) is 14.5 Å². The normalized spacial score (nSPS) is 18.2. The van der Waals surface area contributed by atoms with E-state index in [1.165, 1.54) is 17.1 Å². The minimum absolute atomic E-state index is 0.0266. The van der Waals surface area contributed by atoms with Gasteiger partial charge in [0, 0.05) is 19.4 Å². The molecule has 0 aliphatic carbocycles. The number of halogens is 1. The minimum atomic E-state index is -0.336. The number of nitrogens with one attached hydrogen (secondary N) is 1. The molecule has 31 heavy (non-hydrogen) atoms. The van der Waals surface area contributed by atoms with Crippen molar-refractivity contribution in [3.63, 3.8) is 0 Å². The van der Waals surface area contributed by atoms with Crippen LogP contribution >= 0.6 is 0 Å². The van der Waals surface area contributed by atoms with Gasteiger partial charge in [0.25, 0.3) is 5.91 Å². The van der Waals surface area contributed by atoms with Crippen molar-refractivity contribution in [3.05, 3.63) is 59.3 Å². The molecule has 4 rings (SSSR count). The summed E-state index contributed by atoms with van der Waals surface area (Å²) < 4.78 is 19.0. The topological polar surface area (TPSA) is 78.2 Å². The average molecular weight is 426 g/mol. The Hall–Kier alpha value is -3.00. The fraction of sp³-hybridized carbons (Fsp3) is 0.435. The van der Waals surface area contributed by atoms with Crippen LogP contribution in [0, 0.1) is 12.7 Å². The highest BCUT2D eigenvalue weighted by Gasteiger charge is 2.29. The van der Waals surface area contributed by atoms with Gasteiger partial charge in [0.1, 0.15) is 23.0 Å². The summed E-state index contributed by atoms with van der Waals surface area (Å²) in [6, 6.07) is 9.78. The number of carbonyl (C=O) groups is 2. The van der Waals surface area contributed by atoms with E-state index in [2.05, 4.69) is 15.3 Å². The van der Waals surface area contributed by atoms with Crippen LogP contribution in [-0.2, 0) is 16.1 Å². The largest absolute Gasteiger partial charge is 0.465 e. The van der Waals surface area contributed by atoms with Crippen LogP contribution in [0.1, 0.15) is 48.8 Å². The fourth-order valence-electron chi connectivity index (χ4n) is 4.04. The van der Waals surface area contributed by atoms with Crippen molar-refractivity contribution in [1.82, 2.24) is 15.2 Å². The molecule has 2 aromatic rings. The molecule has 0 bridgehead atoms. The molecule has 1 fully saturated rings. The van der Waals surface area contributed by atoms with Gasteiger partial charge in [-0.05, 0) is 62.7 Å². The predicted molar refractivity (Wildman–Crippen MR) is 114 cm³/mol. The zero-order valence-electron chi connectivity index (χ0n) is 17.6. The van der Waals surface area contributed by atoms with Crippen LogP contribution in [0.25, 0.3) is 0 Å². The van der Waals surface area contributed by atoms with Gasteiger partial charge in [-0.2, -0.15) is 5.10 Å². The SMILES string of the molecule is Cc1ccc(C(CNC(=O)C2=NN(Cc3ccc(F)cc3)C(=O)CC2)N2CCCC2)o1. The number of likely N-dealkylation sites (tertiary alicyclic amines) is 1. The summed E-state index contributed by atoms with van der Waals surface area (Å²) in [5, 5.41) is 8.57. The molecule has 0 saturated carbocycles. The average Bonchev–Trinajstić information content (AvgIpc) is 3.44. The third kappa shape index (κ3) is 5.19. The number of amides is 2. The third-order valence-electron chi connectivity index (χ3n) is 5.74. The number of hydrogen-bond donors (Lipinski definition) is 1. The van der Waals surface area contributed by atoms with Crippen molar-refractivity contribution in [1.29, 1.82) is 0 Å². The Morgan fingerprint density at radius 2 is 1.90 bits per heavy atom. The second-order valence-corrected chi connectivity index (χ2v) is 8.04. The summed E-state index contributed by atoms with van der Waals surface area (Å²) in [4.78, 5) is 27.4. The van der Waals surface area contributed by atoms with E-state index in [1.54, 1.807) is 12.1 Å². The van der Waals surface area contributed by atoms with Crippen LogP contribution in [0.2, 0.25) is 0 Å². The van der Waals surface area contributed by atoms with Gasteiger partial charge in [-0.15, -0.1) is 0 Å². The van der Waals surface area contributed by atoms with Gasteiger partial charge in [-0.25, -0.2) is 9.40 Å². The summed E-state index contributed by atoms with van der Waals surface area (Å²) in [5.74, 6) is 0.929. The predicted octanol–water partition coefficient (Wildman–Crippen LogP) is 3.16. The summed E-state index contributed by atoms with van der Waals surface area (Å²) in [5.41, 5.74) is 1.08. The number of hydrazone groups is 1. The van der Waals surface area contributed by atoms with E-state index in [0.717, 1.165) is 43.0 Å². The number of aryl methyl sites for hydroxylation is 1. The second kappa shape index (κ2) is 9.43. The zero-order valence-corrected chi connectivity index (χ0v) is 17.6. The van der Waals surface area contributed by atoms with E-state index in [-0.39, 0.29) is 36.6 Å². The number of benzene rings is 1. The Kier molecular flexibility index (Phi) is 6.46. The maximum absolute atomic E-state index is 13.1. The first-order valence-electron chi connectivity index (χ1n) is 10.7. The van der Waals surface area contributed by atoms with Gasteiger partial charge in [0.2, 0.25) is 5.91 Å². The fourth-order valence-corrected chi connectivity index (χ4v) is 4.04. The Bertz CT molecular complexity index is 963. The molecular formula is C23H27FN4O3. The van der Waals surface area contributed by atoms with Gasteiger partial charge in [0.15, 0.2) is 0 Å². The highest BCUT2D eigenvalue weighted by atomic mass is 19.1. The molecule has 2 amide bonds. The molecule has 0 radical (unpaired) electrons. The molecule has 1 saturated heterocycles. The van der Waals surface area contributed by atoms with E-state index in [0.29, 0.717) is 18.7 Å². The second-order valence-electron chi connectivity index (χ2n) is 8.04. The maximum atomic E-state index is 13.1. The molecule has 1 atom stereocenters. The molecule has 1 aromatic carbocycles. The standard InChI is InChI=1S/C23H27FN4O3/c1-16-4-10-21(31-16)20(27-12-2-3-13-27)14-25-23(30)19-9-11-22(29)28(26-19)15-17-5-7-18(24)8-6-17/h4-8,10,20H,2-3,9,11-15H2,1H3,(H,25,30). The third-order valence-corrected chi connectivity index (χ3v) is 5.74. The molecule has 3 heterocycles. The summed E-state index contributed by atoms with van der Waals surface area (Å²) in [7, 11) is 0. The van der Waals surface area contributed by atoms with Crippen molar-refractivity contribution in [3.8, 4) is 0 Å². The number of hydrogen-bond acceptors (Lipinski definition) is 5. The van der Waals surface area contributed by atoms with E-state index in [1.807, 2.05) is 19.1 Å². The molecule has 164 valence electrons.